The highest BCUT2D eigenvalue weighted by atomic mass is 79.9. The number of rotatable bonds is 5. The maximum Gasteiger partial charge on any atom is 0.224 e. The molecule has 0 bridgehead atoms. The Morgan fingerprint density at radius 2 is 2.18 bits per heavy atom. The third-order valence-corrected chi connectivity index (χ3v) is 2.68. The van der Waals surface area contributed by atoms with Gasteiger partial charge in [0.25, 0.3) is 0 Å². The Bertz CT molecular complexity index is 376. The fourth-order valence-electron chi connectivity index (χ4n) is 1.22. The summed E-state index contributed by atoms with van der Waals surface area (Å²) in [5.41, 5.74) is 0.482. The molecule has 6 heteroatoms. The fraction of sp³-hybridized carbons (Fsp3) is 0.364. The third-order valence-electron chi connectivity index (χ3n) is 2.03. The van der Waals surface area contributed by atoms with Gasteiger partial charge in [-0.05, 0) is 54.1 Å². The molecule has 1 aromatic rings. The van der Waals surface area contributed by atoms with Crippen molar-refractivity contribution >= 4 is 39.9 Å². The van der Waals surface area contributed by atoms with E-state index in [9.17, 15) is 9.18 Å². The Kier molecular flexibility index (Phi) is 8.12. The molecule has 17 heavy (non-hydrogen) atoms. The van der Waals surface area contributed by atoms with Crippen LogP contribution in [0.15, 0.2) is 22.7 Å². The molecule has 0 aromatic heterocycles. The zero-order valence-electron chi connectivity index (χ0n) is 9.43. The van der Waals surface area contributed by atoms with Crippen molar-refractivity contribution in [1.29, 1.82) is 0 Å². The second kappa shape index (κ2) is 8.44. The lowest BCUT2D eigenvalue weighted by atomic mass is 10.2. The first-order valence-electron chi connectivity index (χ1n) is 5.03. The normalized spacial score (nSPS) is 9.59. The summed E-state index contributed by atoms with van der Waals surface area (Å²) in [5, 5.41) is 5.60. The minimum atomic E-state index is -0.381. The number of benzene rings is 1. The SMILES string of the molecule is CNCCCC(=O)Nc1ccc(Br)c(F)c1.Cl. The largest absolute Gasteiger partial charge is 0.326 e. The Morgan fingerprint density at radius 3 is 2.76 bits per heavy atom. The van der Waals surface area contributed by atoms with Crippen molar-refractivity contribution in [3.8, 4) is 0 Å². The first kappa shape index (κ1) is 16.4. The molecule has 0 aliphatic heterocycles. The number of hydrogen-bond acceptors (Lipinski definition) is 2. The van der Waals surface area contributed by atoms with E-state index in [1.807, 2.05) is 7.05 Å². The predicted molar refractivity (Wildman–Crippen MR) is 73.1 cm³/mol. The van der Waals surface area contributed by atoms with Gasteiger partial charge in [-0.2, -0.15) is 0 Å². The summed E-state index contributed by atoms with van der Waals surface area (Å²) in [5.74, 6) is -0.481. The number of anilines is 1. The maximum atomic E-state index is 13.1. The average molecular weight is 326 g/mol. The van der Waals surface area contributed by atoms with Crippen LogP contribution in [-0.2, 0) is 4.79 Å². The maximum absolute atomic E-state index is 13.1. The summed E-state index contributed by atoms with van der Waals surface area (Å²) in [4.78, 5) is 11.4. The molecule has 2 N–H and O–H groups in total. The van der Waals surface area contributed by atoms with Crippen molar-refractivity contribution in [3.63, 3.8) is 0 Å². The zero-order chi connectivity index (χ0) is 12.0. The van der Waals surface area contributed by atoms with Crippen LogP contribution in [0.25, 0.3) is 0 Å². The van der Waals surface area contributed by atoms with E-state index in [0.29, 0.717) is 16.6 Å². The quantitative estimate of drug-likeness (QED) is 0.817. The highest BCUT2D eigenvalue weighted by Crippen LogP contribution is 2.19. The molecule has 1 aromatic carbocycles. The molecular weight excluding hydrogens is 310 g/mol. The summed E-state index contributed by atoms with van der Waals surface area (Å²) in [6, 6.07) is 4.52. The summed E-state index contributed by atoms with van der Waals surface area (Å²) in [6.45, 7) is 0.794. The molecular formula is C11H15BrClFN2O. The summed E-state index contributed by atoms with van der Waals surface area (Å²) < 4.78 is 13.5. The van der Waals surface area contributed by atoms with Gasteiger partial charge in [0.2, 0.25) is 5.91 Å². The van der Waals surface area contributed by atoms with Crippen LogP contribution in [0.3, 0.4) is 0 Å². The molecule has 1 amide bonds. The fourth-order valence-corrected chi connectivity index (χ4v) is 1.47. The monoisotopic (exact) mass is 324 g/mol. The number of nitrogens with one attached hydrogen (secondary N) is 2. The van der Waals surface area contributed by atoms with Crippen molar-refractivity contribution < 1.29 is 9.18 Å². The molecule has 0 fully saturated rings. The van der Waals surface area contributed by atoms with E-state index >= 15 is 0 Å². The van der Waals surface area contributed by atoms with Crippen molar-refractivity contribution in [1.82, 2.24) is 5.32 Å². The summed E-state index contributed by atoms with van der Waals surface area (Å²) in [6.07, 6.45) is 1.19. The number of carbonyl (C=O) groups is 1. The van der Waals surface area contributed by atoms with Gasteiger partial charge >= 0.3 is 0 Å². The Hall–Kier alpha value is -0.650. The van der Waals surface area contributed by atoms with Gasteiger partial charge in [0.1, 0.15) is 5.82 Å². The number of carbonyl (C=O) groups excluding carboxylic acids is 1. The second-order valence-electron chi connectivity index (χ2n) is 3.38. The van der Waals surface area contributed by atoms with Gasteiger partial charge in [-0.3, -0.25) is 4.79 Å². The van der Waals surface area contributed by atoms with Gasteiger partial charge in [0, 0.05) is 12.1 Å². The number of halogens is 3. The molecule has 3 nitrogen and oxygen atoms in total. The molecule has 0 aliphatic rings. The second-order valence-corrected chi connectivity index (χ2v) is 4.24. The Labute approximate surface area is 115 Å². The van der Waals surface area contributed by atoms with Crippen LogP contribution in [0.1, 0.15) is 12.8 Å². The van der Waals surface area contributed by atoms with Gasteiger partial charge in [-0.1, -0.05) is 0 Å². The van der Waals surface area contributed by atoms with Crippen molar-refractivity contribution in [2.45, 2.75) is 12.8 Å². The van der Waals surface area contributed by atoms with E-state index in [2.05, 4.69) is 26.6 Å². The topological polar surface area (TPSA) is 41.1 Å². The molecule has 0 atom stereocenters. The highest BCUT2D eigenvalue weighted by molar-refractivity contribution is 9.10. The smallest absolute Gasteiger partial charge is 0.224 e. The standard InChI is InChI=1S/C11H14BrFN2O.ClH/c1-14-6-2-3-11(16)15-8-4-5-9(12)10(13)7-8;/h4-5,7,14H,2-3,6H2,1H3,(H,15,16);1H. The van der Waals surface area contributed by atoms with Gasteiger partial charge < -0.3 is 10.6 Å². The minimum absolute atomic E-state index is 0. The van der Waals surface area contributed by atoms with Crippen LogP contribution in [0.4, 0.5) is 10.1 Å². The minimum Gasteiger partial charge on any atom is -0.326 e. The highest BCUT2D eigenvalue weighted by Gasteiger charge is 2.04. The van der Waals surface area contributed by atoms with E-state index in [1.165, 1.54) is 6.07 Å². The zero-order valence-corrected chi connectivity index (χ0v) is 11.8. The van der Waals surface area contributed by atoms with Crippen LogP contribution >= 0.6 is 28.3 Å². The van der Waals surface area contributed by atoms with Crippen molar-refractivity contribution in [3.05, 3.63) is 28.5 Å². The van der Waals surface area contributed by atoms with E-state index in [4.69, 9.17) is 0 Å². The molecule has 1 rings (SSSR count). The first-order valence-corrected chi connectivity index (χ1v) is 5.82. The Balaban J connectivity index is 0.00000256. The number of hydrogen-bond donors (Lipinski definition) is 2. The molecule has 0 saturated heterocycles. The molecule has 96 valence electrons. The van der Waals surface area contributed by atoms with Crippen molar-refractivity contribution in [2.24, 2.45) is 0 Å². The lowest BCUT2D eigenvalue weighted by Gasteiger charge is -2.05. The molecule has 0 heterocycles. The van der Waals surface area contributed by atoms with E-state index in [0.717, 1.165) is 13.0 Å². The summed E-state index contributed by atoms with van der Waals surface area (Å²) in [7, 11) is 1.84. The predicted octanol–water partition coefficient (Wildman–Crippen LogP) is 2.95. The molecule has 0 saturated carbocycles. The molecule has 0 aliphatic carbocycles. The van der Waals surface area contributed by atoms with E-state index in [1.54, 1.807) is 12.1 Å². The first-order chi connectivity index (χ1) is 7.63. The van der Waals surface area contributed by atoms with Gasteiger partial charge in [0.05, 0.1) is 4.47 Å². The average Bonchev–Trinajstić information content (AvgIpc) is 2.24. The van der Waals surface area contributed by atoms with Crippen LogP contribution in [0, 0.1) is 5.82 Å². The van der Waals surface area contributed by atoms with Crippen molar-refractivity contribution in [2.75, 3.05) is 18.9 Å². The van der Waals surface area contributed by atoms with Crippen LogP contribution in [-0.4, -0.2) is 19.5 Å². The van der Waals surface area contributed by atoms with Gasteiger partial charge in [0.15, 0.2) is 0 Å². The van der Waals surface area contributed by atoms with E-state index in [-0.39, 0.29) is 24.1 Å². The molecule has 0 spiro atoms. The van der Waals surface area contributed by atoms with Crippen LogP contribution in [0.5, 0.6) is 0 Å². The lowest BCUT2D eigenvalue weighted by Crippen LogP contribution is -2.15. The Morgan fingerprint density at radius 1 is 1.47 bits per heavy atom. The van der Waals surface area contributed by atoms with E-state index < -0.39 is 0 Å². The third kappa shape index (κ3) is 6.00. The van der Waals surface area contributed by atoms with Crippen LogP contribution < -0.4 is 10.6 Å². The number of amides is 1. The van der Waals surface area contributed by atoms with Crippen LogP contribution in [0.2, 0.25) is 0 Å². The molecule has 0 unspecified atom stereocenters. The van der Waals surface area contributed by atoms with Gasteiger partial charge in [-0.15, -0.1) is 12.4 Å². The van der Waals surface area contributed by atoms with Gasteiger partial charge in [-0.25, -0.2) is 4.39 Å². The lowest BCUT2D eigenvalue weighted by molar-refractivity contribution is -0.116. The molecule has 0 radical (unpaired) electrons. The summed E-state index contributed by atoms with van der Waals surface area (Å²) >= 11 is 3.05.